The molecule has 7 heteroatoms. The third-order valence-corrected chi connectivity index (χ3v) is 1.90. The number of piperazine rings is 1. The van der Waals surface area contributed by atoms with Crippen LogP contribution in [0.5, 0.6) is 0 Å². The number of nitrogens with one attached hydrogen (secondary N) is 2. The Labute approximate surface area is 79.6 Å². The van der Waals surface area contributed by atoms with Crippen LogP contribution in [0.25, 0.3) is 0 Å². The van der Waals surface area contributed by atoms with Gasteiger partial charge in [-0.05, 0) is 0 Å². The van der Waals surface area contributed by atoms with Gasteiger partial charge in [-0.1, -0.05) is 0 Å². The topological polar surface area (TPSA) is 122 Å². The van der Waals surface area contributed by atoms with E-state index in [9.17, 15) is 14.4 Å². The zero-order valence-corrected chi connectivity index (χ0v) is 7.32. The molecule has 0 aromatic heterocycles. The summed E-state index contributed by atoms with van der Waals surface area (Å²) in [5, 5.41) is 13.5. The summed E-state index contributed by atoms with van der Waals surface area (Å²) in [6.45, 7) is 0.0962. The van der Waals surface area contributed by atoms with Gasteiger partial charge in [-0.2, -0.15) is 0 Å². The Hall–Kier alpha value is -1.63. The van der Waals surface area contributed by atoms with Crippen LogP contribution >= 0.6 is 0 Å². The van der Waals surface area contributed by atoms with Gasteiger partial charge in [0.1, 0.15) is 6.04 Å². The monoisotopic (exact) mass is 201 g/mol. The van der Waals surface area contributed by atoms with Crippen LogP contribution in [0.15, 0.2) is 0 Å². The van der Waals surface area contributed by atoms with Crippen molar-refractivity contribution in [3.8, 4) is 0 Å². The molecule has 1 aliphatic rings. The molecule has 14 heavy (non-hydrogen) atoms. The third kappa shape index (κ3) is 2.43. The number of carbonyl (C=O) groups is 3. The summed E-state index contributed by atoms with van der Waals surface area (Å²) < 4.78 is 0. The Morgan fingerprint density at radius 1 is 1.57 bits per heavy atom. The van der Waals surface area contributed by atoms with E-state index in [0.29, 0.717) is 0 Å². The van der Waals surface area contributed by atoms with E-state index in [4.69, 9.17) is 10.8 Å². The van der Waals surface area contributed by atoms with E-state index < -0.39 is 29.9 Å². The Morgan fingerprint density at radius 2 is 2.21 bits per heavy atom. The van der Waals surface area contributed by atoms with Crippen LogP contribution in [0.1, 0.15) is 6.42 Å². The van der Waals surface area contributed by atoms with Gasteiger partial charge in [-0.3, -0.25) is 9.59 Å². The van der Waals surface area contributed by atoms with Crippen molar-refractivity contribution in [3.63, 3.8) is 0 Å². The highest BCUT2D eigenvalue weighted by Crippen LogP contribution is 1.99. The molecule has 2 unspecified atom stereocenters. The number of hydrogen-bond donors (Lipinski definition) is 4. The molecule has 1 rings (SSSR count). The van der Waals surface area contributed by atoms with Crippen LogP contribution in [0.3, 0.4) is 0 Å². The summed E-state index contributed by atoms with van der Waals surface area (Å²) in [5.74, 6) is -2.22. The molecular formula is C7H11N3O4. The molecule has 78 valence electrons. The molecule has 1 saturated heterocycles. The van der Waals surface area contributed by atoms with E-state index in [1.54, 1.807) is 0 Å². The third-order valence-electron chi connectivity index (χ3n) is 1.90. The zero-order valence-electron chi connectivity index (χ0n) is 7.32. The Balaban J connectivity index is 2.52. The Bertz CT molecular complexity index is 278. The van der Waals surface area contributed by atoms with Gasteiger partial charge in [0.2, 0.25) is 11.8 Å². The second kappa shape index (κ2) is 4.05. The molecular weight excluding hydrogens is 190 g/mol. The van der Waals surface area contributed by atoms with Crippen LogP contribution in [-0.2, 0) is 14.4 Å². The first-order valence-electron chi connectivity index (χ1n) is 4.05. The van der Waals surface area contributed by atoms with Gasteiger partial charge in [-0.15, -0.1) is 0 Å². The number of carbonyl (C=O) groups excluding carboxylic acids is 2. The maximum atomic E-state index is 11.2. The normalized spacial score (nSPS) is 26.7. The van der Waals surface area contributed by atoms with E-state index in [-0.39, 0.29) is 13.0 Å². The number of nitrogens with two attached hydrogens (primary N) is 1. The second-order valence-electron chi connectivity index (χ2n) is 3.03. The fourth-order valence-corrected chi connectivity index (χ4v) is 1.19. The molecule has 1 aliphatic heterocycles. The van der Waals surface area contributed by atoms with Gasteiger partial charge in [0.25, 0.3) is 0 Å². The fraction of sp³-hybridized carbons (Fsp3) is 0.571. The first-order chi connectivity index (χ1) is 6.50. The number of hydrogen-bond acceptors (Lipinski definition) is 4. The van der Waals surface area contributed by atoms with Crippen LogP contribution in [0.2, 0.25) is 0 Å². The average molecular weight is 201 g/mol. The van der Waals surface area contributed by atoms with Crippen molar-refractivity contribution in [3.05, 3.63) is 0 Å². The van der Waals surface area contributed by atoms with Crippen molar-refractivity contribution in [1.82, 2.24) is 10.6 Å². The molecule has 7 nitrogen and oxygen atoms in total. The number of carboxylic acid groups (broad SMARTS) is 1. The first kappa shape index (κ1) is 10.5. The average Bonchev–Trinajstić information content (AvgIpc) is 2.07. The SMILES string of the molecule is NC(=O)CC1NCC(C(=O)O)NC1=O. The first-order valence-corrected chi connectivity index (χ1v) is 4.05. The van der Waals surface area contributed by atoms with Crippen molar-refractivity contribution in [2.45, 2.75) is 18.5 Å². The molecule has 2 atom stereocenters. The van der Waals surface area contributed by atoms with Gasteiger partial charge < -0.3 is 21.5 Å². The molecule has 0 spiro atoms. The molecule has 0 aromatic rings. The summed E-state index contributed by atoms with van der Waals surface area (Å²) in [5.41, 5.74) is 4.90. The Kier molecular flexibility index (Phi) is 3.03. The summed E-state index contributed by atoms with van der Waals surface area (Å²) in [4.78, 5) is 32.2. The van der Waals surface area contributed by atoms with Gasteiger partial charge in [0.05, 0.1) is 12.5 Å². The predicted molar refractivity (Wildman–Crippen MR) is 45.2 cm³/mol. The van der Waals surface area contributed by atoms with Gasteiger partial charge in [0, 0.05) is 6.54 Å². The Morgan fingerprint density at radius 3 is 2.64 bits per heavy atom. The molecule has 0 radical (unpaired) electrons. The number of primary amides is 1. The lowest BCUT2D eigenvalue weighted by Gasteiger charge is -2.27. The van der Waals surface area contributed by atoms with E-state index >= 15 is 0 Å². The second-order valence-corrected chi connectivity index (χ2v) is 3.03. The van der Waals surface area contributed by atoms with E-state index in [1.807, 2.05) is 0 Å². The maximum Gasteiger partial charge on any atom is 0.327 e. The number of aliphatic carboxylic acids is 1. The lowest BCUT2D eigenvalue weighted by Crippen LogP contribution is -2.61. The fourth-order valence-electron chi connectivity index (χ4n) is 1.19. The van der Waals surface area contributed by atoms with Crippen molar-refractivity contribution >= 4 is 17.8 Å². The number of rotatable bonds is 3. The minimum atomic E-state index is -1.11. The summed E-state index contributed by atoms with van der Waals surface area (Å²) in [7, 11) is 0. The lowest BCUT2D eigenvalue weighted by molar-refractivity contribution is -0.143. The van der Waals surface area contributed by atoms with Crippen molar-refractivity contribution < 1.29 is 19.5 Å². The van der Waals surface area contributed by atoms with Crippen molar-refractivity contribution in [1.29, 1.82) is 0 Å². The smallest absolute Gasteiger partial charge is 0.327 e. The summed E-state index contributed by atoms with van der Waals surface area (Å²) in [6, 6.07) is -1.66. The molecule has 5 N–H and O–H groups in total. The van der Waals surface area contributed by atoms with Crippen molar-refractivity contribution in [2.24, 2.45) is 5.73 Å². The highest BCUT2D eigenvalue weighted by Gasteiger charge is 2.31. The van der Waals surface area contributed by atoms with E-state index in [1.165, 1.54) is 0 Å². The van der Waals surface area contributed by atoms with Crippen molar-refractivity contribution in [2.75, 3.05) is 6.54 Å². The predicted octanol–water partition coefficient (Wildman–Crippen LogP) is -2.60. The maximum absolute atomic E-state index is 11.2. The molecule has 0 aliphatic carbocycles. The minimum Gasteiger partial charge on any atom is -0.480 e. The molecule has 2 amide bonds. The quantitative estimate of drug-likeness (QED) is 0.399. The molecule has 1 heterocycles. The molecule has 0 aromatic carbocycles. The van der Waals surface area contributed by atoms with Gasteiger partial charge >= 0.3 is 5.97 Å². The summed E-state index contributed by atoms with van der Waals surface area (Å²) in [6.07, 6.45) is -0.127. The number of amides is 2. The highest BCUT2D eigenvalue weighted by atomic mass is 16.4. The van der Waals surface area contributed by atoms with Crippen LogP contribution in [-0.4, -0.2) is 41.5 Å². The van der Waals surface area contributed by atoms with E-state index in [0.717, 1.165) is 0 Å². The van der Waals surface area contributed by atoms with Gasteiger partial charge in [-0.25, -0.2) is 4.79 Å². The van der Waals surface area contributed by atoms with Crippen LogP contribution in [0.4, 0.5) is 0 Å². The van der Waals surface area contributed by atoms with E-state index in [2.05, 4.69) is 10.6 Å². The highest BCUT2D eigenvalue weighted by molar-refractivity contribution is 5.91. The summed E-state index contributed by atoms with van der Waals surface area (Å²) >= 11 is 0. The van der Waals surface area contributed by atoms with Crippen LogP contribution in [0, 0.1) is 0 Å². The molecule has 0 bridgehead atoms. The molecule has 1 fully saturated rings. The standard InChI is InChI=1S/C7H11N3O4/c8-5(11)1-3-6(12)10-4(2-9-3)7(13)14/h3-4,9H,1-2H2,(H2,8,11)(H,10,12)(H,13,14). The van der Waals surface area contributed by atoms with Gasteiger partial charge in [0.15, 0.2) is 0 Å². The zero-order chi connectivity index (χ0) is 10.7. The van der Waals surface area contributed by atoms with Crippen LogP contribution < -0.4 is 16.4 Å². The minimum absolute atomic E-state index is 0.0962. The molecule has 0 saturated carbocycles. The number of carboxylic acids is 1. The largest absolute Gasteiger partial charge is 0.480 e. The lowest BCUT2D eigenvalue weighted by atomic mass is 10.1.